The minimum Gasteiger partial charge on any atom is -0.367 e. The van der Waals surface area contributed by atoms with Gasteiger partial charge >= 0.3 is 0 Å². The number of benzene rings is 2. The third-order valence-electron chi connectivity index (χ3n) is 3.37. The second-order valence-electron chi connectivity index (χ2n) is 4.85. The van der Waals surface area contributed by atoms with Crippen molar-refractivity contribution in [1.29, 1.82) is 0 Å². The maximum Gasteiger partial charge on any atom is 0.251 e. The molecule has 0 aliphatic carbocycles. The summed E-state index contributed by atoms with van der Waals surface area (Å²) >= 11 is 0. The van der Waals surface area contributed by atoms with Crippen molar-refractivity contribution in [2.45, 2.75) is 6.54 Å². The van der Waals surface area contributed by atoms with Gasteiger partial charge in [-0.3, -0.25) is 4.79 Å². The molecule has 2 N–H and O–H groups in total. The van der Waals surface area contributed by atoms with Gasteiger partial charge in [0.05, 0.1) is 0 Å². The summed E-state index contributed by atoms with van der Waals surface area (Å²) in [6.07, 6.45) is 3.72. The Bertz CT molecular complexity index is 701. The molecule has 3 heteroatoms. The van der Waals surface area contributed by atoms with E-state index in [4.69, 9.17) is 0 Å². The Morgan fingerprint density at radius 3 is 2.29 bits per heavy atom. The lowest BCUT2D eigenvalue weighted by Gasteiger charge is -2.06. The van der Waals surface area contributed by atoms with Crippen LogP contribution in [-0.2, 0) is 6.54 Å². The summed E-state index contributed by atoms with van der Waals surface area (Å²) in [5.74, 6) is -0.0594. The Balaban J connectivity index is 1.67. The van der Waals surface area contributed by atoms with Crippen molar-refractivity contribution < 1.29 is 4.79 Å². The molecule has 0 bridgehead atoms. The highest BCUT2D eigenvalue weighted by Gasteiger charge is 2.05. The molecular weight excluding hydrogens is 260 g/mol. The van der Waals surface area contributed by atoms with E-state index >= 15 is 0 Å². The smallest absolute Gasteiger partial charge is 0.251 e. The lowest BCUT2D eigenvalue weighted by atomic mass is 10.0. The average molecular weight is 276 g/mol. The number of carbonyl (C=O) groups is 1. The van der Waals surface area contributed by atoms with Crippen molar-refractivity contribution in [1.82, 2.24) is 10.3 Å². The predicted molar refractivity (Wildman–Crippen MR) is 83.8 cm³/mol. The Kier molecular flexibility index (Phi) is 3.83. The monoisotopic (exact) mass is 276 g/mol. The predicted octanol–water partition coefficient (Wildman–Crippen LogP) is 3.61. The molecule has 3 nitrogen and oxygen atoms in total. The van der Waals surface area contributed by atoms with E-state index in [1.54, 1.807) is 0 Å². The minimum absolute atomic E-state index is 0.0594. The summed E-state index contributed by atoms with van der Waals surface area (Å²) < 4.78 is 0. The molecule has 1 heterocycles. The molecule has 2 aromatic carbocycles. The lowest BCUT2D eigenvalue weighted by molar-refractivity contribution is 0.0951. The number of nitrogens with one attached hydrogen (secondary N) is 2. The van der Waals surface area contributed by atoms with Crippen LogP contribution in [0.25, 0.3) is 11.1 Å². The first kappa shape index (κ1) is 13.2. The van der Waals surface area contributed by atoms with Gasteiger partial charge in [-0.15, -0.1) is 0 Å². The van der Waals surface area contributed by atoms with Crippen LogP contribution in [-0.4, -0.2) is 10.9 Å². The van der Waals surface area contributed by atoms with Crippen molar-refractivity contribution in [3.8, 4) is 11.1 Å². The van der Waals surface area contributed by atoms with Crippen LogP contribution < -0.4 is 5.32 Å². The molecule has 1 amide bonds. The zero-order chi connectivity index (χ0) is 14.5. The molecule has 0 aliphatic rings. The fraction of sp³-hybridized carbons (Fsp3) is 0.0556. The van der Waals surface area contributed by atoms with Crippen molar-refractivity contribution in [3.05, 3.63) is 84.2 Å². The van der Waals surface area contributed by atoms with Gasteiger partial charge in [-0.1, -0.05) is 42.5 Å². The molecule has 1 aromatic heterocycles. The van der Waals surface area contributed by atoms with Gasteiger partial charge in [0, 0.05) is 24.5 Å². The van der Waals surface area contributed by atoms with Crippen molar-refractivity contribution in [2.24, 2.45) is 0 Å². The molecule has 0 fully saturated rings. The molecule has 0 radical (unpaired) electrons. The maximum absolute atomic E-state index is 12.1. The number of aromatic amines is 1. The van der Waals surface area contributed by atoms with Crippen LogP contribution in [0.2, 0.25) is 0 Å². The van der Waals surface area contributed by atoms with E-state index in [1.165, 1.54) is 0 Å². The van der Waals surface area contributed by atoms with Crippen molar-refractivity contribution in [2.75, 3.05) is 0 Å². The van der Waals surface area contributed by atoms with Crippen LogP contribution in [0.15, 0.2) is 73.1 Å². The van der Waals surface area contributed by atoms with E-state index in [-0.39, 0.29) is 5.91 Å². The van der Waals surface area contributed by atoms with Crippen LogP contribution in [0, 0.1) is 0 Å². The molecule has 3 aromatic rings. The minimum atomic E-state index is -0.0594. The van der Waals surface area contributed by atoms with Crippen molar-refractivity contribution in [3.63, 3.8) is 0 Å². The molecule has 0 atom stereocenters. The van der Waals surface area contributed by atoms with E-state index < -0.39 is 0 Å². The van der Waals surface area contributed by atoms with Gasteiger partial charge in [-0.2, -0.15) is 0 Å². The largest absolute Gasteiger partial charge is 0.367 e. The van der Waals surface area contributed by atoms with E-state index in [0.29, 0.717) is 12.1 Å². The SMILES string of the molecule is O=C(NCc1cc[nH]c1)c1ccc(-c2ccccc2)cc1. The van der Waals surface area contributed by atoms with E-state index in [2.05, 4.69) is 22.4 Å². The number of hydrogen-bond acceptors (Lipinski definition) is 1. The highest BCUT2D eigenvalue weighted by Crippen LogP contribution is 2.19. The van der Waals surface area contributed by atoms with Gasteiger partial charge in [0.15, 0.2) is 0 Å². The average Bonchev–Trinajstić information content (AvgIpc) is 3.07. The molecule has 0 unspecified atom stereocenters. The first-order valence-electron chi connectivity index (χ1n) is 6.88. The van der Waals surface area contributed by atoms with Gasteiger partial charge in [0.1, 0.15) is 0 Å². The topological polar surface area (TPSA) is 44.9 Å². The Morgan fingerprint density at radius 1 is 0.905 bits per heavy atom. The van der Waals surface area contributed by atoms with Crippen LogP contribution in [0.5, 0.6) is 0 Å². The number of hydrogen-bond donors (Lipinski definition) is 2. The molecule has 104 valence electrons. The number of carbonyl (C=O) groups excluding carboxylic acids is 1. The van der Waals surface area contributed by atoms with Gasteiger partial charge in [0.2, 0.25) is 0 Å². The van der Waals surface area contributed by atoms with E-state index in [1.807, 2.05) is 60.9 Å². The highest BCUT2D eigenvalue weighted by atomic mass is 16.1. The molecule has 3 rings (SSSR count). The maximum atomic E-state index is 12.1. The Labute approximate surface area is 123 Å². The molecule has 0 aliphatic heterocycles. The summed E-state index contributed by atoms with van der Waals surface area (Å²) in [5.41, 5.74) is 3.99. The fourth-order valence-corrected chi connectivity index (χ4v) is 2.20. The van der Waals surface area contributed by atoms with Crippen LogP contribution >= 0.6 is 0 Å². The van der Waals surface area contributed by atoms with Gasteiger partial charge in [-0.05, 0) is 34.9 Å². The first-order valence-corrected chi connectivity index (χ1v) is 6.88. The molecular formula is C18H16N2O. The second-order valence-corrected chi connectivity index (χ2v) is 4.85. The number of amides is 1. The molecule has 21 heavy (non-hydrogen) atoms. The van der Waals surface area contributed by atoms with E-state index in [9.17, 15) is 4.79 Å². The molecule has 0 saturated heterocycles. The van der Waals surface area contributed by atoms with Crippen LogP contribution in [0.1, 0.15) is 15.9 Å². The second kappa shape index (κ2) is 6.09. The molecule has 0 saturated carbocycles. The third kappa shape index (κ3) is 3.20. The van der Waals surface area contributed by atoms with Crippen molar-refractivity contribution >= 4 is 5.91 Å². The Morgan fingerprint density at radius 2 is 1.62 bits per heavy atom. The number of rotatable bonds is 4. The quantitative estimate of drug-likeness (QED) is 0.751. The summed E-state index contributed by atoms with van der Waals surface area (Å²) in [5, 5.41) is 2.90. The van der Waals surface area contributed by atoms with Gasteiger partial charge in [0.25, 0.3) is 5.91 Å². The fourth-order valence-electron chi connectivity index (χ4n) is 2.20. The molecule has 0 spiro atoms. The zero-order valence-electron chi connectivity index (χ0n) is 11.5. The lowest BCUT2D eigenvalue weighted by Crippen LogP contribution is -2.22. The van der Waals surface area contributed by atoms with E-state index in [0.717, 1.165) is 16.7 Å². The number of aromatic nitrogens is 1. The Hall–Kier alpha value is -2.81. The third-order valence-corrected chi connectivity index (χ3v) is 3.37. The normalized spacial score (nSPS) is 10.3. The summed E-state index contributed by atoms with van der Waals surface area (Å²) in [6, 6.07) is 19.7. The first-order chi connectivity index (χ1) is 10.3. The van der Waals surface area contributed by atoms with Gasteiger partial charge < -0.3 is 10.3 Å². The highest BCUT2D eigenvalue weighted by molar-refractivity contribution is 5.94. The summed E-state index contributed by atoms with van der Waals surface area (Å²) in [4.78, 5) is 15.0. The van der Waals surface area contributed by atoms with Gasteiger partial charge in [-0.25, -0.2) is 0 Å². The number of H-pyrrole nitrogens is 1. The van der Waals surface area contributed by atoms with Crippen LogP contribution in [0.3, 0.4) is 0 Å². The standard InChI is InChI=1S/C18H16N2O/c21-18(20-13-14-10-11-19-12-14)17-8-6-16(7-9-17)15-4-2-1-3-5-15/h1-12,19H,13H2,(H,20,21). The van der Waals surface area contributed by atoms with Crippen LogP contribution in [0.4, 0.5) is 0 Å². The summed E-state index contributed by atoms with van der Waals surface area (Å²) in [6.45, 7) is 0.531. The summed E-state index contributed by atoms with van der Waals surface area (Å²) in [7, 11) is 0. The zero-order valence-corrected chi connectivity index (χ0v) is 11.5.